The lowest BCUT2D eigenvalue weighted by molar-refractivity contribution is 0.189. The second-order valence-corrected chi connectivity index (χ2v) is 5.61. The molecule has 1 unspecified atom stereocenters. The quantitative estimate of drug-likeness (QED) is 0.880. The van der Waals surface area contributed by atoms with Crippen molar-refractivity contribution in [3.8, 4) is 5.75 Å². The average Bonchev–Trinajstić information content (AvgIpc) is 2.74. The Morgan fingerprint density at radius 3 is 2.94 bits per heavy atom. The van der Waals surface area contributed by atoms with Gasteiger partial charge in [-0.25, -0.2) is 0 Å². The zero-order valence-corrected chi connectivity index (χ0v) is 11.8. The van der Waals surface area contributed by atoms with Crippen LogP contribution in [0.2, 0.25) is 0 Å². The van der Waals surface area contributed by atoms with E-state index in [-0.39, 0.29) is 0 Å². The minimum atomic E-state index is 0.301. The Labute approximate surface area is 111 Å². The Morgan fingerprint density at radius 2 is 2.25 bits per heavy atom. The van der Waals surface area contributed by atoms with E-state index in [9.17, 15) is 5.11 Å². The monoisotopic (exact) mass is 349 g/mol. The van der Waals surface area contributed by atoms with Gasteiger partial charge in [-0.2, -0.15) is 0 Å². The number of hydrogen-bond donors (Lipinski definition) is 2. The molecule has 1 aromatic carbocycles. The lowest BCUT2D eigenvalue weighted by atomic mass is 10.2. The van der Waals surface area contributed by atoms with Crippen LogP contribution in [-0.2, 0) is 11.3 Å². The molecular formula is C11H13Br2NO2. The van der Waals surface area contributed by atoms with E-state index in [0.29, 0.717) is 22.8 Å². The predicted octanol–water partition coefficient (Wildman–Crippen LogP) is 2.80. The molecule has 0 aliphatic carbocycles. The third-order valence-corrected chi connectivity index (χ3v) is 3.68. The van der Waals surface area contributed by atoms with E-state index in [1.54, 1.807) is 0 Å². The number of ether oxygens (including phenoxy) is 1. The molecule has 0 saturated carbocycles. The van der Waals surface area contributed by atoms with Gasteiger partial charge in [-0.05, 0) is 34.5 Å². The first kappa shape index (κ1) is 12.4. The molecule has 2 N–H and O–H groups in total. The van der Waals surface area contributed by atoms with Crippen molar-refractivity contribution in [2.75, 3.05) is 13.2 Å². The van der Waals surface area contributed by atoms with Gasteiger partial charge in [0.2, 0.25) is 0 Å². The highest BCUT2D eigenvalue weighted by atomic mass is 79.9. The lowest BCUT2D eigenvalue weighted by Crippen LogP contribution is -2.28. The predicted molar refractivity (Wildman–Crippen MR) is 69.6 cm³/mol. The van der Waals surface area contributed by atoms with Crippen LogP contribution in [0.1, 0.15) is 12.0 Å². The van der Waals surface area contributed by atoms with Gasteiger partial charge in [0.1, 0.15) is 5.75 Å². The van der Waals surface area contributed by atoms with Crippen molar-refractivity contribution in [2.24, 2.45) is 0 Å². The van der Waals surface area contributed by atoms with Gasteiger partial charge in [-0.1, -0.05) is 15.9 Å². The summed E-state index contributed by atoms with van der Waals surface area (Å²) in [6.07, 6.45) is 1.04. The van der Waals surface area contributed by atoms with Gasteiger partial charge in [0.25, 0.3) is 0 Å². The number of phenols is 1. The summed E-state index contributed by atoms with van der Waals surface area (Å²) in [4.78, 5) is 0. The highest BCUT2D eigenvalue weighted by Gasteiger charge is 2.15. The molecule has 1 atom stereocenters. The lowest BCUT2D eigenvalue weighted by Gasteiger charge is -2.12. The maximum Gasteiger partial charge on any atom is 0.134 e. The van der Waals surface area contributed by atoms with Crippen LogP contribution in [0.25, 0.3) is 0 Å². The first-order valence-corrected chi connectivity index (χ1v) is 6.73. The Kier molecular flexibility index (Phi) is 4.24. The molecule has 88 valence electrons. The maximum absolute atomic E-state index is 9.86. The summed E-state index contributed by atoms with van der Waals surface area (Å²) in [7, 11) is 0. The van der Waals surface area contributed by atoms with E-state index in [4.69, 9.17) is 4.74 Å². The molecule has 1 aliphatic rings. The molecule has 2 rings (SSSR count). The summed E-state index contributed by atoms with van der Waals surface area (Å²) in [5.74, 6) is 0.301. The molecule has 0 bridgehead atoms. The van der Waals surface area contributed by atoms with E-state index in [2.05, 4.69) is 37.2 Å². The van der Waals surface area contributed by atoms with E-state index < -0.39 is 0 Å². The van der Waals surface area contributed by atoms with Crippen molar-refractivity contribution >= 4 is 31.9 Å². The second-order valence-electron chi connectivity index (χ2n) is 3.84. The summed E-state index contributed by atoms with van der Waals surface area (Å²) in [5.41, 5.74) is 0.883. The van der Waals surface area contributed by atoms with Crippen LogP contribution in [-0.4, -0.2) is 24.4 Å². The molecule has 0 radical (unpaired) electrons. The van der Waals surface area contributed by atoms with Crippen LogP contribution >= 0.6 is 31.9 Å². The molecule has 1 saturated heterocycles. The van der Waals surface area contributed by atoms with Gasteiger partial charge in [0.05, 0.1) is 11.1 Å². The third kappa shape index (κ3) is 2.97. The minimum Gasteiger partial charge on any atom is -0.506 e. The molecule has 0 amide bonds. The third-order valence-electron chi connectivity index (χ3n) is 2.62. The molecule has 0 aromatic heterocycles. The van der Waals surface area contributed by atoms with Gasteiger partial charge >= 0.3 is 0 Å². The van der Waals surface area contributed by atoms with Crippen LogP contribution in [0.5, 0.6) is 5.75 Å². The van der Waals surface area contributed by atoms with Crippen LogP contribution < -0.4 is 5.32 Å². The van der Waals surface area contributed by atoms with Gasteiger partial charge in [0, 0.05) is 29.2 Å². The second kappa shape index (κ2) is 5.49. The first-order valence-electron chi connectivity index (χ1n) is 5.15. The number of rotatable bonds is 3. The molecule has 0 spiro atoms. The molecule has 3 nitrogen and oxygen atoms in total. The van der Waals surface area contributed by atoms with Crippen LogP contribution in [0.15, 0.2) is 21.1 Å². The van der Waals surface area contributed by atoms with Crippen LogP contribution in [0, 0.1) is 0 Å². The Morgan fingerprint density at radius 1 is 1.44 bits per heavy atom. The van der Waals surface area contributed by atoms with E-state index in [1.807, 2.05) is 12.1 Å². The Balaban J connectivity index is 2.02. The van der Waals surface area contributed by atoms with Crippen LogP contribution in [0.4, 0.5) is 0 Å². The fraction of sp³-hybridized carbons (Fsp3) is 0.455. The number of halogens is 2. The van der Waals surface area contributed by atoms with Crippen molar-refractivity contribution in [2.45, 2.75) is 19.0 Å². The number of phenolic OH excluding ortho intramolecular Hbond substituents is 1. The molecule has 16 heavy (non-hydrogen) atoms. The molecule has 5 heteroatoms. The summed E-state index contributed by atoms with van der Waals surface area (Å²) < 4.78 is 6.94. The summed E-state index contributed by atoms with van der Waals surface area (Å²) in [6, 6.07) is 4.15. The maximum atomic E-state index is 9.86. The first-order chi connectivity index (χ1) is 7.66. The van der Waals surface area contributed by atoms with Crippen molar-refractivity contribution in [3.63, 3.8) is 0 Å². The van der Waals surface area contributed by atoms with Crippen molar-refractivity contribution in [3.05, 3.63) is 26.6 Å². The summed E-state index contributed by atoms with van der Waals surface area (Å²) >= 11 is 6.72. The van der Waals surface area contributed by atoms with Crippen molar-refractivity contribution in [1.82, 2.24) is 5.32 Å². The topological polar surface area (TPSA) is 41.5 Å². The van der Waals surface area contributed by atoms with Gasteiger partial charge < -0.3 is 15.2 Å². The SMILES string of the molecule is Oc1c(Br)cc(Br)cc1CNC1CCOC1. The molecule has 1 aromatic rings. The largest absolute Gasteiger partial charge is 0.506 e. The van der Waals surface area contributed by atoms with E-state index in [1.165, 1.54) is 0 Å². The van der Waals surface area contributed by atoms with E-state index >= 15 is 0 Å². The number of benzene rings is 1. The van der Waals surface area contributed by atoms with Gasteiger partial charge in [0.15, 0.2) is 0 Å². The number of aromatic hydroxyl groups is 1. The normalized spacial score (nSPS) is 20.2. The van der Waals surface area contributed by atoms with Crippen LogP contribution in [0.3, 0.4) is 0 Å². The fourth-order valence-corrected chi connectivity index (χ4v) is 3.02. The van der Waals surface area contributed by atoms with Gasteiger partial charge in [-0.3, -0.25) is 0 Å². The standard InChI is InChI=1S/C11H13Br2NO2/c12-8-3-7(11(15)10(13)4-8)5-14-9-1-2-16-6-9/h3-4,9,14-15H,1-2,5-6H2. The summed E-state index contributed by atoms with van der Waals surface area (Å²) in [5, 5.41) is 13.2. The van der Waals surface area contributed by atoms with Crippen molar-refractivity contribution < 1.29 is 9.84 Å². The Hall–Kier alpha value is -0.100. The zero-order chi connectivity index (χ0) is 11.5. The summed E-state index contributed by atoms with van der Waals surface area (Å²) in [6.45, 7) is 2.24. The molecular weight excluding hydrogens is 338 g/mol. The number of hydrogen-bond acceptors (Lipinski definition) is 3. The number of nitrogens with one attached hydrogen (secondary N) is 1. The highest BCUT2D eigenvalue weighted by molar-refractivity contribution is 9.11. The molecule has 1 heterocycles. The zero-order valence-electron chi connectivity index (χ0n) is 8.67. The average molecular weight is 351 g/mol. The minimum absolute atomic E-state index is 0.301. The van der Waals surface area contributed by atoms with Gasteiger partial charge in [-0.15, -0.1) is 0 Å². The molecule has 1 fully saturated rings. The molecule has 1 aliphatic heterocycles. The van der Waals surface area contributed by atoms with E-state index in [0.717, 1.165) is 29.7 Å². The Bertz CT molecular complexity index is 378. The van der Waals surface area contributed by atoms with Crippen molar-refractivity contribution in [1.29, 1.82) is 0 Å². The highest BCUT2D eigenvalue weighted by Crippen LogP contribution is 2.31. The smallest absolute Gasteiger partial charge is 0.134 e. The fourth-order valence-electron chi connectivity index (χ4n) is 1.70.